The van der Waals surface area contributed by atoms with Crippen LogP contribution in [0.4, 0.5) is 5.82 Å². The van der Waals surface area contributed by atoms with Gasteiger partial charge >= 0.3 is 0 Å². The summed E-state index contributed by atoms with van der Waals surface area (Å²) < 4.78 is 1.03. The Bertz CT molecular complexity index is 622. The predicted octanol–water partition coefficient (Wildman–Crippen LogP) is 3.58. The number of nitrogens with two attached hydrogens (primary N) is 1. The molecule has 3 nitrogen and oxygen atoms in total. The number of nitrogens with zero attached hydrogens (tertiary/aromatic N) is 1. The maximum atomic E-state index is 12.6. The molecule has 1 heterocycles. The molecule has 0 spiro atoms. The van der Waals surface area contributed by atoms with Gasteiger partial charge in [-0.25, -0.2) is 4.98 Å². The Labute approximate surface area is 121 Å². The van der Waals surface area contributed by atoms with E-state index in [1.165, 1.54) is 0 Å². The zero-order valence-electron chi connectivity index (χ0n) is 11.1. The van der Waals surface area contributed by atoms with Crippen LogP contribution in [0.25, 0.3) is 0 Å². The third kappa shape index (κ3) is 2.54. The fourth-order valence-electron chi connectivity index (χ4n) is 2.10. The summed E-state index contributed by atoms with van der Waals surface area (Å²) in [6.45, 7) is 5.80. The Morgan fingerprint density at radius 1 is 1.16 bits per heavy atom. The van der Waals surface area contributed by atoms with Crippen LogP contribution in [0.2, 0.25) is 0 Å². The van der Waals surface area contributed by atoms with E-state index in [0.717, 1.165) is 21.2 Å². The van der Waals surface area contributed by atoms with Gasteiger partial charge in [0.05, 0.1) is 5.56 Å². The number of aryl methyl sites for hydroxylation is 3. The van der Waals surface area contributed by atoms with Crippen molar-refractivity contribution in [3.63, 3.8) is 0 Å². The van der Waals surface area contributed by atoms with Gasteiger partial charge in [0.25, 0.3) is 0 Å². The van der Waals surface area contributed by atoms with Gasteiger partial charge in [-0.1, -0.05) is 15.9 Å². The van der Waals surface area contributed by atoms with Crippen LogP contribution in [0.1, 0.15) is 32.6 Å². The summed E-state index contributed by atoms with van der Waals surface area (Å²) in [6.07, 6.45) is 1.61. The van der Waals surface area contributed by atoms with Gasteiger partial charge in [-0.05, 0) is 55.7 Å². The molecule has 1 aromatic heterocycles. The smallest absolute Gasteiger partial charge is 0.197 e. The molecule has 0 aliphatic rings. The summed E-state index contributed by atoms with van der Waals surface area (Å²) >= 11 is 3.50. The number of halogens is 1. The van der Waals surface area contributed by atoms with Crippen LogP contribution in [0.5, 0.6) is 0 Å². The number of anilines is 1. The number of hydrogen-bond acceptors (Lipinski definition) is 3. The minimum Gasteiger partial charge on any atom is -0.383 e. The first-order valence-electron chi connectivity index (χ1n) is 5.94. The topological polar surface area (TPSA) is 56.0 Å². The monoisotopic (exact) mass is 318 g/mol. The summed E-state index contributed by atoms with van der Waals surface area (Å²) in [7, 11) is 0. The fourth-order valence-corrected chi connectivity index (χ4v) is 2.32. The minimum absolute atomic E-state index is 0.0817. The highest BCUT2D eigenvalue weighted by atomic mass is 79.9. The average Bonchev–Trinajstić information content (AvgIpc) is 2.35. The highest BCUT2D eigenvalue weighted by Gasteiger charge is 2.17. The molecule has 2 aromatic rings. The van der Waals surface area contributed by atoms with Crippen molar-refractivity contribution < 1.29 is 4.79 Å². The molecule has 0 saturated carbocycles. The predicted molar refractivity (Wildman–Crippen MR) is 80.4 cm³/mol. The van der Waals surface area contributed by atoms with Crippen molar-refractivity contribution in [2.45, 2.75) is 20.8 Å². The van der Waals surface area contributed by atoms with Gasteiger partial charge < -0.3 is 5.73 Å². The Hall–Kier alpha value is -1.68. The van der Waals surface area contributed by atoms with Crippen LogP contribution in [-0.4, -0.2) is 10.8 Å². The lowest BCUT2D eigenvalue weighted by molar-refractivity contribution is 0.103. The standard InChI is InChI=1S/C15H15BrN2O/c1-8-4-5-18-15(17)12(8)14(19)11-6-9(2)13(16)10(3)7-11/h4-7H,1-3H3,(H2,17,18). The summed E-state index contributed by atoms with van der Waals surface area (Å²) in [4.78, 5) is 16.6. The van der Waals surface area contributed by atoms with Gasteiger partial charge in [0.15, 0.2) is 5.78 Å². The first-order valence-corrected chi connectivity index (χ1v) is 6.73. The summed E-state index contributed by atoms with van der Waals surface area (Å²) in [5.74, 6) is 0.199. The number of benzene rings is 1. The van der Waals surface area contributed by atoms with Crippen molar-refractivity contribution in [1.29, 1.82) is 0 Å². The number of hydrogen-bond donors (Lipinski definition) is 1. The van der Waals surface area contributed by atoms with Crippen molar-refractivity contribution in [2.75, 3.05) is 5.73 Å². The maximum Gasteiger partial charge on any atom is 0.197 e. The summed E-state index contributed by atoms with van der Waals surface area (Å²) in [5.41, 5.74) is 9.86. The molecule has 2 rings (SSSR count). The van der Waals surface area contributed by atoms with E-state index in [9.17, 15) is 4.79 Å². The molecule has 4 heteroatoms. The lowest BCUT2D eigenvalue weighted by atomic mass is 9.97. The number of nitrogen functional groups attached to an aromatic ring is 1. The van der Waals surface area contributed by atoms with Crippen LogP contribution < -0.4 is 5.73 Å². The normalized spacial score (nSPS) is 10.5. The van der Waals surface area contributed by atoms with Crippen molar-refractivity contribution in [2.24, 2.45) is 0 Å². The Morgan fingerprint density at radius 2 is 1.74 bits per heavy atom. The van der Waals surface area contributed by atoms with Crippen LogP contribution in [0, 0.1) is 20.8 Å². The fraction of sp³-hybridized carbons (Fsp3) is 0.200. The van der Waals surface area contributed by atoms with E-state index >= 15 is 0 Å². The molecular formula is C15H15BrN2O. The van der Waals surface area contributed by atoms with Crippen LogP contribution >= 0.6 is 15.9 Å². The van der Waals surface area contributed by atoms with Crippen LogP contribution in [0.15, 0.2) is 28.9 Å². The van der Waals surface area contributed by atoms with E-state index < -0.39 is 0 Å². The zero-order valence-corrected chi connectivity index (χ0v) is 12.7. The number of rotatable bonds is 2. The molecule has 0 unspecified atom stereocenters. The number of aromatic nitrogens is 1. The first kappa shape index (κ1) is 13.7. The minimum atomic E-state index is -0.0817. The molecule has 19 heavy (non-hydrogen) atoms. The number of carbonyl (C=O) groups excluding carboxylic acids is 1. The molecule has 0 bridgehead atoms. The van der Waals surface area contributed by atoms with E-state index in [1.807, 2.05) is 32.9 Å². The molecule has 0 radical (unpaired) electrons. The lowest BCUT2D eigenvalue weighted by Crippen LogP contribution is -2.09. The van der Waals surface area contributed by atoms with E-state index in [1.54, 1.807) is 12.3 Å². The first-order chi connectivity index (χ1) is 8.91. The molecule has 1 aromatic carbocycles. The van der Waals surface area contributed by atoms with Crippen LogP contribution in [-0.2, 0) is 0 Å². The van der Waals surface area contributed by atoms with Gasteiger partial charge in [0.2, 0.25) is 0 Å². The molecule has 0 aliphatic heterocycles. The molecule has 0 fully saturated rings. The third-order valence-electron chi connectivity index (χ3n) is 3.11. The zero-order chi connectivity index (χ0) is 14.2. The molecular weight excluding hydrogens is 304 g/mol. The average molecular weight is 319 g/mol. The number of ketones is 1. The molecule has 0 saturated heterocycles. The second-order valence-corrected chi connectivity index (χ2v) is 5.43. The molecule has 0 amide bonds. The molecule has 0 aliphatic carbocycles. The number of pyridine rings is 1. The Balaban J connectivity index is 2.57. The van der Waals surface area contributed by atoms with Gasteiger partial charge in [0.1, 0.15) is 5.82 Å². The van der Waals surface area contributed by atoms with Gasteiger partial charge in [0, 0.05) is 16.2 Å². The van der Waals surface area contributed by atoms with Crippen molar-refractivity contribution >= 4 is 27.5 Å². The Kier molecular flexibility index (Phi) is 3.71. The van der Waals surface area contributed by atoms with Crippen molar-refractivity contribution in [3.05, 3.63) is 56.7 Å². The van der Waals surface area contributed by atoms with Crippen molar-refractivity contribution in [1.82, 2.24) is 4.98 Å². The maximum absolute atomic E-state index is 12.6. The second kappa shape index (κ2) is 5.13. The molecule has 0 atom stereocenters. The van der Waals surface area contributed by atoms with Gasteiger partial charge in [-0.3, -0.25) is 4.79 Å². The summed E-state index contributed by atoms with van der Waals surface area (Å²) in [6, 6.07) is 5.53. The van der Waals surface area contributed by atoms with E-state index in [4.69, 9.17) is 5.73 Å². The highest BCUT2D eigenvalue weighted by molar-refractivity contribution is 9.10. The van der Waals surface area contributed by atoms with Crippen LogP contribution in [0.3, 0.4) is 0 Å². The van der Waals surface area contributed by atoms with E-state index in [0.29, 0.717) is 11.1 Å². The number of carbonyl (C=O) groups is 1. The van der Waals surface area contributed by atoms with E-state index in [-0.39, 0.29) is 11.6 Å². The third-order valence-corrected chi connectivity index (χ3v) is 4.37. The summed E-state index contributed by atoms with van der Waals surface area (Å²) in [5, 5.41) is 0. The van der Waals surface area contributed by atoms with Gasteiger partial charge in [-0.2, -0.15) is 0 Å². The second-order valence-electron chi connectivity index (χ2n) is 4.64. The van der Waals surface area contributed by atoms with Gasteiger partial charge in [-0.15, -0.1) is 0 Å². The lowest BCUT2D eigenvalue weighted by Gasteiger charge is -2.10. The quantitative estimate of drug-likeness (QED) is 0.861. The SMILES string of the molecule is Cc1cc(C(=O)c2c(C)ccnc2N)cc(C)c1Br. The highest BCUT2D eigenvalue weighted by Crippen LogP contribution is 2.25. The largest absolute Gasteiger partial charge is 0.383 e. The molecule has 2 N–H and O–H groups in total. The molecule has 98 valence electrons. The van der Waals surface area contributed by atoms with Crippen molar-refractivity contribution in [3.8, 4) is 0 Å². The Morgan fingerprint density at radius 3 is 2.26 bits per heavy atom. The van der Waals surface area contributed by atoms with E-state index in [2.05, 4.69) is 20.9 Å².